The number of rotatable bonds is 6. The van der Waals surface area contributed by atoms with Gasteiger partial charge in [0.25, 0.3) is 0 Å². The second-order valence-electron chi connectivity index (χ2n) is 4.92. The molecule has 0 fully saturated rings. The molecule has 0 amide bonds. The monoisotopic (exact) mass is 294 g/mol. The van der Waals surface area contributed by atoms with E-state index in [2.05, 4.69) is 4.74 Å². The molecule has 0 bridgehead atoms. The van der Waals surface area contributed by atoms with Crippen LogP contribution < -0.4 is 10.6 Å². The summed E-state index contributed by atoms with van der Waals surface area (Å²) in [5.41, 5.74) is 5.88. The largest absolute Gasteiger partial charge is 0.467 e. The fraction of sp³-hybridized carbons (Fsp3) is 0.467. The predicted octanol–water partition coefficient (Wildman–Crippen LogP) is 0.729. The molecule has 1 aromatic rings. The molecule has 0 aliphatic heterocycles. The first-order chi connectivity index (χ1) is 9.85. The van der Waals surface area contributed by atoms with Gasteiger partial charge in [0.1, 0.15) is 0 Å². The van der Waals surface area contributed by atoms with Gasteiger partial charge < -0.3 is 20.1 Å². The molecule has 6 heteroatoms. The van der Waals surface area contributed by atoms with Gasteiger partial charge in [0, 0.05) is 26.2 Å². The zero-order chi connectivity index (χ0) is 16.0. The minimum absolute atomic E-state index is 0.0201. The van der Waals surface area contributed by atoms with Crippen molar-refractivity contribution in [3.63, 3.8) is 0 Å². The van der Waals surface area contributed by atoms with E-state index in [1.165, 1.54) is 7.11 Å². The van der Waals surface area contributed by atoms with E-state index in [1.54, 1.807) is 6.92 Å². The van der Waals surface area contributed by atoms with Crippen LogP contribution in [0.4, 0.5) is 5.69 Å². The van der Waals surface area contributed by atoms with Gasteiger partial charge in [0.05, 0.1) is 13.7 Å². The second-order valence-corrected chi connectivity index (χ2v) is 4.92. The Kier molecular flexibility index (Phi) is 5.72. The lowest BCUT2D eigenvalue weighted by Gasteiger charge is -2.24. The van der Waals surface area contributed by atoms with Crippen molar-refractivity contribution in [2.45, 2.75) is 18.9 Å². The van der Waals surface area contributed by atoms with Gasteiger partial charge in [0.2, 0.25) is 5.54 Å². The number of esters is 2. The average molecular weight is 294 g/mol. The normalized spacial score (nSPS) is 13.2. The summed E-state index contributed by atoms with van der Waals surface area (Å²) in [5.74, 6) is -1.59. The maximum absolute atomic E-state index is 12.0. The lowest BCUT2D eigenvalue weighted by atomic mass is 9.91. The van der Waals surface area contributed by atoms with Crippen molar-refractivity contribution in [3.8, 4) is 0 Å². The van der Waals surface area contributed by atoms with Crippen LogP contribution >= 0.6 is 0 Å². The number of benzene rings is 1. The Morgan fingerprint density at radius 1 is 1.19 bits per heavy atom. The van der Waals surface area contributed by atoms with Crippen molar-refractivity contribution in [2.24, 2.45) is 5.73 Å². The van der Waals surface area contributed by atoms with Crippen molar-refractivity contribution in [1.82, 2.24) is 0 Å². The molecule has 0 saturated heterocycles. The molecule has 2 N–H and O–H groups in total. The quantitative estimate of drug-likeness (QED) is 0.615. The number of anilines is 1. The molecule has 6 nitrogen and oxygen atoms in total. The average Bonchev–Trinajstić information content (AvgIpc) is 2.46. The smallest absolute Gasteiger partial charge is 0.338 e. The maximum Gasteiger partial charge on any atom is 0.338 e. The third kappa shape index (κ3) is 3.95. The number of carbonyl (C=O) groups excluding carboxylic acids is 2. The summed E-state index contributed by atoms with van der Waals surface area (Å²) >= 11 is 0. The molecule has 0 aliphatic rings. The zero-order valence-corrected chi connectivity index (χ0v) is 12.9. The molecule has 1 atom stereocenters. The number of methoxy groups -OCH3 is 1. The number of hydrogen-bond donors (Lipinski definition) is 1. The Balaban J connectivity index is 3.01. The van der Waals surface area contributed by atoms with E-state index in [0.29, 0.717) is 0 Å². The highest BCUT2D eigenvalue weighted by molar-refractivity contribution is 6.05. The molecule has 21 heavy (non-hydrogen) atoms. The Hall–Kier alpha value is -2.08. The lowest BCUT2D eigenvalue weighted by Crippen LogP contribution is -2.58. The van der Waals surface area contributed by atoms with E-state index < -0.39 is 17.5 Å². The molecule has 0 unspecified atom stereocenters. The van der Waals surface area contributed by atoms with E-state index in [9.17, 15) is 9.59 Å². The first-order valence-corrected chi connectivity index (χ1v) is 6.66. The number of hydrogen-bond acceptors (Lipinski definition) is 6. The van der Waals surface area contributed by atoms with Crippen molar-refractivity contribution >= 4 is 17.6 Å². The van der Waals surface area contributed by atoms with Gasteiger partial charge >= 0.3 is 11.9 Å². The van der Waals surface area contributed by atoms with Crippen LogP contribution in [0.3, 0.4) is 0 Å². The molecule has 0 heterocycles. The Morgan fingerprint density at radius 2 is 1.76 bits per heavy atom. The van der Waals surface area contributed by atoms with E-state index in [-0.39, 0.29) is 13.0 Å². The zero-order valence-electron chi connectivity index (χ0n) is 12.9. The molecule has 1 rings (SSSR count). The van der Waals surface area contributed by atoms with Gasteiger partial charge in [-0.3, -0.25) is 0 Å². The summed E-state index contributed by atoms with van der Waals surface area (Å²) in [6.45, 7) is 1.80. The Labute approximate surface area is 124 Å². The molecule has 0 saturated carbocycles. The van der Waals surface area contributed by atoms with Crippen molar-refractivity contribution < 1.29 is 19.1 Å². The summed E-state index contributed by atoms with van der Waals surface area (Å²) in [7, 11) is 5.04. The van der Waals surface area contributed by atoms with Gasteiger partial charge in [-0.1, -0.05) is 12.1 Å². The number of ether oxygens (including phenoxy) is 2. The topological polar surface area (TPSA) is 81.9 Å². The summed E-state index contributed by atoms with van der Waals surface area (Å²) < 4.78 is 9.54. The first kappa shape index (κ1) is 17.0. The molecule has 116 valence electrons. The van der Waals surface area contributed by atoms with E-state index >= 15 is 0 Å². The molecular weight excluding hydrogens is 272 g/mol. The minimum Gasteiger partial charge on any atom is -0.467 e. The summed E-state index contributed by atoms with van der Waals surface area (Å²) in [5, 5.41) is 0. The summed E-state index contributed by atoms with van der Waals surface area (Å²) in [4.78, 5) is 25.8. The molecule has 0 aromatic heterocycles. The summed E-state index contributed by atoms with van der Waals surface area (Å²) in [6.07, 6.45) is 0.0201. The number of nitrogens with two attached hydrogens (primary N) is 1. The molecule has 0 spiro atoms. The van der Waals surface area contributed by atoms with Gasteiger partial charge in [0.15, 0.2) is 0 Å². The fourth-order valence-electron chi connectivity index (χ4n) is 1.90. The fourth-order valence-corrected chi connectivity index (χ4v) is 1.90. The van der Waals surface area contributed by atoms with Crippen LogP contribution in [0.25, 0.3) is 0 Å². The van der Waals surface area contributed by atoms with Crippen LogP contribution in [0.2, 0.25) is 0 Å². The molecular formula is C15H22N2O4. The number of carbonyl (C=O) groups is 2. The van der Waals surface area contributed by atoms with Crippen molar-refractivity contribution in [1.29, 1.82) is 0 Å². The van der Waals surface area contributed by atoms with Crippen LogP contribution in [0.5, 0.6) is 0 Å². The Bertz CT molecular complexity index is 499. The minimum atomic E-state index is -1.83. The molecule has 0 aliphatic carbocycles. The molecule has 0 radical (unpaired) electrons. The highest BCUT2D eigenvalue weighted by Crippen LogP contribution is 2.18. The highest BCUT2D eigenvalue weighted by Gasteiger charge is 2.45. The van der Waals surface area contributed by atoms with Gasteiger partial charge in [-0.25, -0.2) is 9.59 Å². The van der Waals surface area contributed by atoms with Crippen LogP contribution in [0, 0.1) is 0 Å². The van der Waals surface area contributed by atoms with Gasteiger partial charge in [-0.05, 0) is 24.6 Å². The second kappa shape index (κ2) is 7.08. The summed E-state index contributed by atoms with van der Waals surface area (Å²) in [6, 6.07) is 7.41. The van der Waals surface area contributed by atoms with Crippen molar-refractivity contribution in [2.75, 3.05) is 32.7 Å². The predicted molar refractivity (Wildman–Crippen MR) is 80.0 cm³/mol. The van der Waals surface area contributed by atoms with E-state index in [1.807, 2.05) is 43.3 Å². The third-order valence-electron chi connectivity index (χ3n) is 3.13. The third-order valence-corrected chi connectivity index (χ3v) is 3.13. The van der Waals surface area contributed by atoms with E-state index in [4.69, 9.17) is 10.5 Å². The number of nitrogens with zero attached hydrogens (tertiary/aromatic N) is 1. The standard InChI is InChI=1S/C15H22N2O4/c1-5-21-14(19)15(16,13(18)20-4)10-11-6-8-12(9-7-11)17(2)3/h6-9H,5,10,16H2,1-4H3/t15-/m0/s1. The van der Waals surface area contributed by atoms with Crippen molar-refractivity contribution in [3.05, 3.63) is 29.8 Å². The van der Waals surface area contributed by atoms with Crippen LogP contribution in [-0.2, 0) is 25.5 Å². The SMILES string of the molecule is CCOC(=O)[C@](N)(Cc1ccc(N(C)C)cc1)C(=O)OC. The van der Waals surface area contributed by atoms with Gasteiger partial charge in [-0.2, -0.15) is 0 Å². The lowest BCUT2D eigenvalue weighted by molar-refractivity contribution is -0.162. The molecule has 1 aromatic carbocycles. The first-order valence-electron chi connectivity index (χ1n) is 6.66. The van der Waals surface area contributed by atoms with Gasteiger partial charge in [-0.15, -0.1) is 0 Å². The van der Waals surface area contributed by atoms with Crippen LogP contribution in [0.15, 0.2) is 24.3 Å². The van der Waals surface area contributed by atoms with Crippen LogP contribution in [-0.4, -0.2) is 45.3 Å². The van der Waals surface area contributed by atoms with Crippen LogP contribution in [0.1, 0.15) is 12.5 Å². The highest BCUT2D eigenvalue weighted by atomic mass is 16.6. The Morgan fingerprint density at radius 3 is 2.19 bits per heavy atom. The maximum atomic E-state index is 12.0. The van der Waals surface area contributed by atoms with E-state index in [0.717, 1.165) is 11.3 Å².